The second-order valence-electron chi connectivity index (χ2n) is 2.47. The van der Waals surface area contributed by atoms with E-state index < -0.39 is 6.07 Å². The van der Waals surface area contributed by atoms with Crippen LogP contribution in [0.2, 0.25) is 0 Å². The zero-order valence-electron chi connectivity index (χ0n) is 7.04. The van der Waals surface area contributed by atoms with Crippen molar-refractivity contribution in [3.05, 3.63) is 29.8 Å². The lowest BCUT2D eigenvalue weighted by Gasteiger charge is -2.09. The van der Waals surface area contributed by atoms with Crippen molar-refractivity contribution in [2.24, 2.45) is 0 Å². The van der Waals surface area contributed by atoms with Gasteiger partial charge < -0.3 is 4.52 Å². The first kappa shape index (κ1) is 10.9. The molecule has 1 aromatic carbocycles. The van der Waals surface area contributed by atoms with E-state index in [0.717, 1.165) is 12.0 Å². The summed E-state index contributed by atoms with van der Waals surface area (Å²) in [6, 6.07) is 7.21. The molecule has 0 amide bonds. The first-order chi connectivity index (χ1) is 6.03. The third-order valence-corrected chi connectivity index (χ3v) is 2.38. The van der Waals surface area contributed by atoms with E-state index in [-0.39, 0.29) is 0 Å². The Morgan fingerprint density at radius 1 is 1.38 bits per heavy atom. The minimum absolute atomic E-state index is 0.485. The molecule has 0 unspecified atom stereocenters. The van der Waals surface area contributed by atoms with Crippen molar-refractivity contribution >= 4 is 28.6 Å². The average molecular weight is 239 g/mol. The molecule has 72 valence electrons. The summed E-state index contributed by atoms with van der Waals surface area (Å²) in [4.78, 5) is 0. The molecule has 0 N–H and O–H groups in total. The lowest BCUT2D eigenvalue weighted by Crippen LogP contribution is -1.88. The topological polar surface area (TPSA) is 26.3 Å². The maximum absolute atomic E-state index is 11.0. The summed E-state index contributed by atoms with van der Waals surface area (Å²) in [6.45, 7) is 1.97. The van der Waals surface area contributed by atoms with Crippen molar-refractivity contribution in [3.8, 4) is 5.75 Å². The summed E-state index contributed by atoms with van der Waals surface area (Å²) in [5, 5.41) is 0. The van der Waals surface area contributed by atoms with Crippen LogP contribution < -0.4 is 4.52 Å². The molecule has 0 spiro atoms. The Labute approximate surface area is 86.8 Å². The molecule has 5 heteroatoms. The van der Waals surface area contributed by atoms with Crippen LogP contribution in [0.25, 0.3) is 0 Å². The second kappa shape index (κ2) is 4.36. The van der Waals surface area contributed by atoms with Crippen LogP contribution in [-0.4, -0.2) is 0 Å². The highest BCUT2D eigenvalue weighted by Gasteiger charge is 2.17. The molecular formula is C8H9Cl2O2P. The molecule has 0 aliphatic carbocycles. The molecule has 0 atom stereocenters. The van der Waals surface area contributed by atoms with Gasteiger partial charge in [-0.3, -0.25) is 0 Å². The van der Waals surface area contributed by atoms with Crippen LogP contribution >= 0.6 is 28.6 Å². The van der Waals surface area contributed by atoms with Crippen molar-refractivity contribution < 1.29 is 9.09 Å². The van der Waals surface area contributed by atoms with Gasteiger partial charge in [0.1, 0.15) is 5.75 Å². The number of hydrogen-bond donors (Lipinski definition) is 0. The lowest BCUT2D eigenvalue weighted by molar-refractivity contribution is 0.510. The van der Waals surface area contributed by atoms with Crippen LogP contribution in [-0.2, 0) is 11.0 Å². The minimum atomic E-state index is -3.48. The first-order valence-corrected chi connectivity index (χ1v) is 7.23. The summed E-state index contributed by atoms with van der Waals surface area (Å²) in [6.07, 6.45) is -2.70. The van der Waals surface area contributed by atoms with Crippen molar-refractivity contribution in [1.29, 1.82) is 0 Å². The largest absolute Gasteiger partial charge is 0.428 e. The van der Waals surface area contributed by atoms with Crippen LogP contribution in [0, 0.1) is 0 Å². The molecular weight excluding hydrogens is 230 g/mol. The molecule has 0 bridgehead atoms. The van der Waals surface area contributed by atoms with E-state index in [4.69, 9.17) is 27.0 Å². The van der Waals surface area contributed by atoms with E-state index in [2.05, 4.69) is 0 Å². The molecule has 1 aromatic rings. The van der Waals surface area contributed by atoms with Crippen molar-refractivity contribution in [3.63, 3.8) is 0 Å². The minimum Gasteiger partial charge on any atom is -0.422 e. The molecule has 0 aliphatic heterocycles. The quantitative estimate of drug-likeness (QED) is 0.738. The number of para-hydroxylation sites is 1. The van der Waals surface area contributed by atoms with Crippen molar-refractivity contribution in [2.45, 2.75) is 13.3 Å². The highest BCUT2D eigenvalue weighted by atomic mass is 35.9. The summed E-state index contributed by atoms with van der Waals surface area (Å²) in [7, 11) is 0. The second-order valence-corrected chi connectivity index (χ2v) is 6.67. The molecule has 0 saturated carbocycles. The molecule has 0 heterocycles. The Kier molecular flexibility index (Phi) is 3.66. The Balaban J connectivity index is 2.94. The van der Waals surface area contributed by atoms with E-state index in [0.29, 0.717) is 5.75 Å². The maximum Gasteiger partial charge on any atom is 0.428 e. The van der Waals surface area contributed by atoms with Gasteiger partial charge in [0, 0.05) is 22.5 Å². The van der Waals surface area contributed by atoms with Gasteiger partial charge in [0.05, 0.1) is 0 Å². The number of halogens is 2. The molecule has 0 fully saturated rings. The number of rotatable bonds is 3. The SMILES string of the molecule is CCc1ccccc1OP(=O)(Cl)Cl. The fourth-order valence-corrected chi connectivity index (χ4v) is 1.85. The van der Waals surface area contributed by atoms with Gasteiger partial charge in [0.25, 0.3) is 0 Å². The molecule has 0 aromatic heterocycles. The molecule has 0 aliphatic rings. The van der Waals surface area contributed by atoms with E-state index >= 15 is 0 Å². The summed E-state index contributed by atoms with van der Waals surface area (Å²) in [5.41, 5.74) is 0.934. The summed E-state index contributed by atoms with van der Waals surface area (Å²) >= 11 is 10.6. The maximum atomic E-state index is 11.0. The Bertz CT molecular complexity index is 335. The third kappa shape index (κ3) is 3.60. The highest BCUT2D eigenvalue weighted by molar-refractivity contribution is 8.05. The first-order valence-electron chi connectivity index (χ1n) is 3.80. The van der Waals surface area contributed by atoms with Gasteiger partial charge in [-0.15, -0.1) is 0 Å². The average Bonchev–Trinajstić information content (AvgIpc) is 2.02. The van der Waals surface area contributed by atoms with Gasteiger partial charge in [-0.25, -0.2) is 4.57 Å². The molecule has 1 rings (SSSR count). The van der Waals surface area contributed by atoms with E-state index in [1.165, 1.54) is 0 Å². The van der Waals surface area contributed by atoms with E-state index in [1.807, 2.05) is 19.1 Å². The Hall–Kier alpha value is -0.170. The molecule has 0 saturated heterocycles. The van der Waals surface area contributed by atoms with Crippen LogP contribution in [0.5, 0.6) is 5.75 Å². The van der Waals surface area contributed by atoms with Gasteiger partial charge >= 0.3 is 6.07 Å². The standard InChI is InChI=1S/C8H9Cl2O2P/c1-2-7-5-3-4-6-8(7)12-13(9,10)11/h3-6H,2H2,1H3. The predicted octanol–water partition coefficient (Wildman–Crippen LogP) is 4.21. The van der Waals surface area contributed by atoms with Crippen molar-refractivity contribution in [2.75, 3.05) is 0 Å². The monoisotopic (exact) mass is 238 g/mol. The smallest absolute Gasteiger partial charge is 0.422 e. The van der Waals surface area contributed by atoms with Gasteiger partial charge in [-0.2, -0.15) is 0 Å². The third-order valence-electron chi connectivity index (χ3n) is 1.56. The fraction of sp³-hybridized carbons (Fsp3) is 0.250. The molecule has 13 heavy (non-hydrogen) atoms. The van der Waals surface area contributed by atoms with Gasteiger partial charge in [-0.05, 0) is 18.1 Å². The van der Waals surface area contributed by atoms with Crippen LogP contribution in [0.1, 0.15) is 12.5 Å². The van der Waals surface area contributed by atoms with Gasteiger partial charge in [-0.1, -0.05) is 25.1 Å². The van der Waals surface area contributed by atoms with Gasteiger partial charge in [0.2, 0.25) is 0 Å². The summed E-state index contributed by atoms with van der Waals surface area (Å²) in [5.74, 6) is 0.485. The normalized spacial score (nSPS) is 11.3. The zero-order chi connectivity index (χ0) is 9.90. The van der Waals surface area contributed by atoms with E-state index in [9.17, 15) is 4.57 Å². The lowest BCUT2D eigenvalue weighted by atomic mass is 10.1. The Morgan fingerprint density at radius 2 is 2.00 bits per heavy atom. The van der Waals surface area contributed by atoms with E-state index in [1.54, 1.807) is 12.1 Å². The van der Waals surface area contributed by atoms with Gasteiger partial charge in [0.15, 0.2) is 0 Å². The number of hydrogen-bond acceptors (Lipinski definition) is 2. The Morgan fingerprint density at radius 3 is 2.54 bits per heavy atom. The fourth-order valence-electron chi connectivity index (χ4n) is 0.999. The highest BCUT2D eigenvalue weighted by Crippen LogP contribution is 2.57. The summed E-state index contributed by atoms with van der Waals surface area (Å²) < 4.78 is 15.9. The zero-order valence-corrected chi connectivity index (χ0v) is 9.44. The van der Waals surface area contributed by atoms with Crippen LogP contribution in [0.4, 0.5) is 0 Å². The molecule has 0 radical (unpaired) electrons. The number of aryl methyl sites for hydroxylation is 1. The van der Waals surface area contributed by atoms with Crippen LogP contribution in [0.15, 0.2) is 24.3 Å². The molecule has 2 nitrogen and oxygen atoms in total. The number of benzene rings is 1. The van der Waals surface area contributed by atoms with Crippen molar-refractivity contribution in [1.82, 2.24) is 0 Å². The predicted molar refractivity (Wildman–Crippen MR) is 55.8 cm³/mol. The van der Waals surface area contributed by atoms with Crippen LogP contribution in [0.3, 0.4) is 0 Å².